The maximum Gasteiger partial charge on any atom is 0.225 e. The number of piperidine rings is 1. The number of likely N-dealkylation sites (tertiary alicyclic amines) is 1. The molecule has 2 rings (SSSR count). The molecule has 0 unspecified atom stereocenters. The van der Waals surface area contributed by atoms with Crippen LogP contribution in [0.2, 0.25) is 0 Å². The first-order valence-corrected chi connectivity index (χ1v) is 8.69. The fourth-order valence-corrected chi connectivity index (χ4v) is 3.30. The Hall–Kier alpha value is -2.45. The molecule has 0 bridgehead atoms. The molecule has 1 aromatic rings. The number of amides is 1. The standard InChI is InChI=1S/C17H25N7O/c1-14-20-15(2)24(21-14)13-16-5-3-4-9-22(16)10-6-17(25)23(11-7-18)12-8-19/h16H,3-6,9-13H2,1-2H3/t16-/m1/s1. The van der Waals surface area contributed by atoms with E-state index in [2.05, 4.69) is 15.0 Å². The van der Waals surface area contributed by atoms with Gasteiger partial charge in [-0.05, 0) is 33.2 Å². The van der Waals surface area contributed by atoms with E-state index in [1.807, 2.05) is 30.7 Å². The molecular weight excluding hydrogens is 318 g/mol. The van der Waals surface area contributed by atoms with E-state index in [1.165, 1.54) is 11.3 Å². The lowest BCUT2D eigenvalue weighted by molar-refractivity contribution is -0.130. The van der Waals surface area contributed by atoms with E-state index in [9.17, 15) is 4.79 Å². The summed E-state index contributed by atoms with van der Waals surface area (Å²) in [5.74, 6) is 1.55. The van der Waals surface area contributed by atoms with Gasteiger partial charge in [-0.15, -0.1) is 0 Å². The molecule has 1 aliphatic heterocycles. The van der Waals surface area contributed by atoms with Gasteiger partial charge in [-0.25, -0.2) is 9.67 Å². The number of nitriles is 2. The number of hydrogen-bond acceptors (Lipinski definition) is 6. The Balaban J connectivity index is 1.94. The molecule has 8 heteroatoms. The van der Waals surface area contributed by atoms with Crippen molar-refractivity contribution in [3.63, 3.8) is 0 Å². The van der Waals surface area contributed by atoms with E-state index in [-0.39, 0.29) is 19.0 Å². The van der Waals surface area contributed by atoms with Crippen LogP contribution >= 0.6 is 0 Å². The van der Waals surface area contributed by atoms with E-state index < -0.39 is 0 Å². The van der Waals surface area contributed by atoms with Gasteiger partial charge in [-0.3, -0.25) is 9.69 Å². The van der Waals surface area contributed by atoms with Crippen LogP contribution in [-0.4, -0.2) is 62.7 Å². The third-order valence-corrected chi connectivity index (χ3v) is 4.58. The number of hydrogen-bond donors (Lipinski definition) is 0. The van der Waals surface area contributed by atoms with Crippen LogP contribution < -0.4 is 0 Å². The van der Waals surface area contributed by atoms with Gasteiger partial charge < -0.3 is 4.90 Å². The number of nitrogens with zero attached hydrogens (tertiary/aromatic N) is 7. The van der Waals surface area contributed by atoms with Crippen LogP contribution in [0, 0.1) is 36.5 Å². The van der Waals surface area contributed by atoms with E-state index in [0.29, 0.717) is 19.0 Å². The minimum absolute atomic E-state index is 0.0345. The van der Waals surface area contributed by atoms with Crippen molar-refractivity contribution in [2.24, 2.45) is 0 Å². The Kier molecular flexibility index (Phi) is 6.91. The molecule has 0 N–H and O–H groups in total. The summed E-state index contributed by atoms with van der Waals surface area (Å²) in [7, 11) is 0. The van der Waals surface area contributed by atoms with E-state index in [1.54, 1.807) is 0 Å². The summed E-state index contributed by atoms with van der Waals surface area (Å²) in [4.78, 5) is 20.2. The molecule has 25 heavy (non-hydrogen) atoms. The topological polar surface area (TPSA) is 102 Å². The minimum atomic E-state index is -0.139. The zero-order valence-corrected chi connectivity index (χ0v) is 15.0. The molecule has 0 aliphatic carbocycles. The first kappa shape index (κ1) is 18.9. The summed E-state index contributed by atoms with van der Waals surface area (Å²) in [6, 6.07) is 4.22. The van der Waals surface area contributed by atoms with Gasteiger partial charge in [-0.2, -0.15) is 15.6 Å². The fourth-order valence-electron chi connectivity index (χ4n) is 3.30. The summed E-state index contributed by atoms with van der Waals surface area (Å²) in [6.45, 7) is 6.16. The van der Waals surface area contributed by atoms with Gasteiger partial charge in [0.25, 0.3) is 0 Å². The Labute approximate surface area is 148 Å². The van der Waals surface area contributed by atoms with Gasteiger partial charge in [0.15, 0.2) is 0 Å². The monoisotopic (exact) mass is 343 g/mol. The number of carbonyl (C=O) groups excluding carboxylic acids is 1. The fraction of sp³-hybridized carbons (Fsp3) is 0.706. The van der Waals surface area contributed by atoms with Crippen LogP contribution in [0.3, 0.4) is 0 Å². The van der Waals surface area contributed by atoms with Crippen molar-refractivity contribution in [1.29, 1.82) is 10.5 Å². The van der Waals surface area contributed by atoms with Gasteiger partial charge in [0.1, 0.15) is 24.7 Å². The quantitative estimate of drug-likeness (QED) is 0.685. The van der Waals surface area contributed by atoms with Crippen LogP contribution in [0.15, 0.2) is 0 Å². The molecule has 0 aromatic carbocycles. The lowest BCUT2D eigenvalue weighted by Gasteiger charge is -2.35. The average molecular weight is 343 g/mol. The van der Waals surface area contributed by atoms with E-state index in [0.717, 1.165) is 37.6 Å². The van der Waals surface area contributed by atoms with Crippen molar-refractivity contribution < 1.29 is 4.79 Å². The van der Waals surface area contributed by atoms with Gasteiger partial charge in [-0.1, -0.05) is 6.42 Å². The molecule has 1 amide bonds. The Morgan fingerprint density at radius 1 is 1.28 bits per heavy atom. The lowest BCUT2D eigenvalue weighted by Crippen LogP contribution is -2.44. The van der Waals surface area contributed by atoms with Gasteiger partial charge in [0.05, 0.1) is 18.7 Å². The second kappa shape index (κ2) is 9.14. The predicted octanol–water partition coefficient (Wildman–Crippen LogP) is 1.02. The van der Waals surface area contributed by atoms with Crippen molar-refractivity contribution in [1.82, 2.24) is 24.6 Å². The van der Waals surface area contributed by atoms with E-state index in [4.69, 9.17) is 10.5 Å². The van der Waals surface area contributed by atoms with Crippen molar-refractivity contribution >= 4 is 5.91 Å². The Morgan fingerprint density at radius 3 is 2.60 bits per heavy atom. The third kappa shape index (κ3) is 5.27. The molecule has 1 saturated heterocycles. The lowest BCUT2D eigenvalue weighted by atomic mass is 10.0. The van der Waals surface area contributed by atoms with Gasteiger partial charge in [0, 0.05) is 19.0 Å². The maximum absolute atomic E-state index is 12.3. The highest BCUT2D eigenvalue weighted by molar-refractivity contribution is 5.76. The second-order valence-corrected chi connectivity index (χ2v) is 6.39. The molecule has 2 heterocycles. The van der Waals surface area contributed by atoms with Crippen molar-refractivity contribution in [3.8, 4) is 12.1 Å². The normalized spacial score (nSPS) is 17.7. The van der Waals surface area contributed by atoms with E-state index >= 15 is 0 Å². The first-order chi connectivity index (χ1) is 12.0. The molecule has 1 aromatic heterocycles. The van der Waals surface area contributed by atoms with Crippen LogP contribution in [-0.2, 0) is 11.3 Å². The summed E-state index contributed by atoms with van der Waals surface area (Å²) >= 11 is 0. The number of aryl methyl sites for hydroxylation is 2. The highest BCUT2D eigenvalue weighted by Gasteiger charge is 2.25. The zero-order valence-electron chi connectivity index (χ0n) is 15.0. The summed E-state index contributed by atoms with van der Waals surface area (Å²) in [5.41, 5.74) is 0. The molecule has 8 nitrogen and oxygen atoms in total. The Bertz CT molecular complexity index is 654. The second-order valence-electron chi connectivity index (χ2n) is 6.39. The number of carbonyl (C=O) groups is 1. The molecule has 1 fully saturated rings. The van der Waals surface area contributed by atoms with Crippen LogP contribution in [0.1, 0.15) is 37.3 Å². The molecule has 0 radical (unpaired) electrons. The SMILES string of the molecule is Cc1nc(C)n(C[C@H]2CCCCN2CCC(=O)N(CC#N)CC#N)n1. The van der Waals surface area contributed by atoms with Crippen LogP contribution in [0.4, 0.5) is 0 Å². The highest BCUT2D eigenvalue weighted by Crippen LogP contribution is 2.19. The van der Waals surface area contributed by atoms with Crippen molar-refractivity contribution in [2.45, 2.75) is 52.1 Å². The minimum Gasteiger partial charge on any atom is -0.316 e. The van der Waals surface area contributed by atoms with Crippen molar-refractivity contribution in [2.75, 3.05) is 26.2 Å². The highest BCUT2D eigenvalue weighted by atomic mass is 16.2. The average Bonchev–Trinajstić information content (AvgIpc) is 2.91. The molecule has 1 atom stereocenters. The molecule has 134 valence electrons. The van der Waals surface area contributed by atoms with Crippen molar-refractivity contribution in [3.05, 3.63) is 11.6 Å². The summed E-state index contributed by atoms with van der Waals surface area (Å²) in [6.07, 6.45) is 3.71. The van der Waals surface area contributed by atoms with Crippen LogP contribution in [0.5, 0.6) is 0 Å². The number of rotatable bonds is 7. The van der Waals surface area contributed by atoms with Gasteiger partial charge >= 0.3 is 0 Å². The maximum atomic E-state index is 12.3. The summed E-state index contributed by atoms with van der Waals surface area (Å²) in [5, 5.41) is 22.0. The zero-order chi connectivity index (χ0) is 18.2. The van der Waals surface area contributed by atoms with Gasteiger partial charge in [0.2, 0.25) is 5.91 Å². The smallest absolute Gasteiger partial charge is 0.225 e. The van der Waals surface area contributed by atoms with Crippen LogP contribution in [0.25, 0.3) is 0 Å². The number of aromatic nitrogens is 3. The Morgan fingerprint density at radius 2 is 2.00 bits per heavy atom. The largest absolute Gasteiger partial charge is 0.316 e. The molecular formula is C17H25N7O. The predicted molar refractivity (Wildman–Crippen MR) is 91.1 cm³/mol. The molecule has 1 aliphatic rings. The molecule has 0 spiro atoms. The third-order valence-electron chi connectivity index (χ3n) is 4.58. The summed E-state index contributed by atoms with van der Waals surface area (Å²) < 4.78 is 1.94. The molecule has 0 saturated carbocycles. The first-order valence-electron chi connectivity index (χ1n) is 8.69.